The summed E-state index contributed by atoms with van der Waals surface area (Å²) < 4.78 is 5.05. The van der Waals surface area contributed by atoms with Gasteiger partial charge in [0.25, 0.3) is 0 Å². The van der Waals surface area contributed by atoms with Gasteiger partial charge in [-0.15, -0.1) is 0 Å². The summed E-state index contributed by atoms with van der Waals surface area (Å²) in [5, 5.41) is 2.90. The van der Waals surface area contributed by atoms with Crippen molar-refractivity contribution in [2.24, 2.45) is 5.41 Å². The summed E-state index contributed by atoms with van der Waals surface area (Å²) in [7, 11) is 1.70. The van der Waals surface area contributed by atoms with E-state index < -0.39 is 0 Å². The molecule has 1 fully saturated rings. The van der Waals surface area contributed by atoms with Gasteiger partial charge >= 0.3 is 0 Å². The van der Waals surface area contributed by atoms with Gasteiger partial charge in [0, 0.05) is 33.1 Å². The van der Waals surface area contributed by atoms with Crippen LogP contribution in [0.25, 0.3) is 0 Å². The van der Waals surface area contributed by atoms with Crippen LogP contribution in [-0.4, -0.2) is 32.0 Å². The van der Waals surface area contributed by atoms with Crippen molar-refractivity contribution in [2.45, 2.75) is 39.0 Å². The third-order valence-electron chi connectivity index (χ3n) is 3.16. The Kier molecular flexibility index (Phi) is 4.93. The van der Waals surface area contributed by atoms with Gasteiger partial charge in [0.05, 0.1) is 0 Å². The maximum Gasteiger partial charge on any atom is 0.220 e. The summed E-state index contributed by atoms with van der Waals surface area (Å²) >= 11 is 0. The Labute approximate surface area is 96.7 Å². The van der Waals surface area contributed by atoms with E-state index in [1.165, 1.54) is 19.8 Å². The average molecular weight is 227 g/mol. The van der Waals surface area contributed by atoms with E-state index in [9.17, 15) is 9.59 Å². The molecule has 0 aromatic rings. The standard InChI is InChI=1S/C12H21NO3/c1-10(14)3-4-11(15)13-9-12(5-6-12)7-8-16-2/h3-9H2,1-2H3,(H,13,15). The third kappa shape index (κ3) is 4.75. The first-order valence-corrected chi connectivity index (χ1v) is 5.83. The second-order valence-electron chi connectivity index (χ2n) is 4.72. The molecule has 0 heterocycles. The van der Waals surface area contributed by atoms with Gasteiger partial charge in [0.15, 0.2) is 0 Å². The van der Waals surface area contributed by atoms with Crippen molar-refractivity contribution in [1.29, 1.82) is 0 Å². The molecule has 1 amide bonds. The lowest BCUT2D eigenvalue weighted by Gasteiger charge is -2.15. The molecule has 1 aliphatic rings. The van der Waals surface area contributed by atoms with Crippen LogP contribution in [0.15, 0.2) is 0 Å². The fourth-order valence-electron chi connectivity index (χ4n) is 1.67. The summed E-state index contributed by atoms with van der Waals surface area (Å²) in [6.07, 6.45) is 4.01. The van der Waals surface area contributed by atoms with Crippen LogP contribution >= 0.6 is 0 Å². The predicted molar refractivity (Wildman–Crippen MR) is 61.1 cm³/mol. The highest BCUT2D eigenvalue weighted by Gasteiger charge is 2.41. The largest absolute Gasteiger partial charge is 0.385 e. The fraction of sp³-hybridized carbons (Fsp3) is 0.833. The highest BCUT2D eigenvalue weighted by Crippen LogP contribution is 2.48. The number of hydrogen-bond acceptors (Lipinski definition) is 3. The zero-order valence-electron chi connectivity index (χ0n) is 10.2. The zero-order chi connectivity index (χ0) is 12.0. The van der Waals surface area contributed by atoms with Gasteiger partial charge in [-0.05, 0) is 31.6 Å². The van der Waals surface area contributed by atoms with E-state index in [4.69, 9.17) is 4.74 Å². The van der Waals surface area contributed by atoms with E-state index in [1.807, 2.05) is 0 Å². The monoisotopic (exact) mass is 227 g/mol. The summed E-state index contributed by atoms with van der Waals surface area (Å²) in [5.41, 5.74) is 0.280. The smallest absolute Gasteiger partial charge is 0.220 e. The average Bonchev–Trinajstić information content (AvgIpc) is 3.01. The van der Waals surface area contributed by atoms with Gasteiger partial charge in [-0.2, -0.15) is 0 Å². The minimum absolute atomic E-state index is 0.0149. The number of carbonyl (C=O) groups excluding carboxylic acids is 2. The number of rotatable bonds is 8. The van der Waals surface area contributed by atoms with Crippen molar-refractivity contribution in [3.8, 4) is 0 Å². The Balaban J connectivity index is 2.14. The molecule has 0 atom stereocenters. The molecule has 0 aromatic heterocycles. The number of carbonyl (C=O) groups is 2. The second-order valence-corrected chi connectivity index (χ2v) is 4.72. The van der Waals surface area contributed by atoms with Crippen LogP contribution in [0.5, 0.6) is 0 Å². The van der Waals surface area contributed by atoms with Gasteiger partial charge < -0.3 is 14.8 Å². The van der Waals surface area contributed by atoms with E-state index in [2.05, 4.69) is 5.32 Å². The Hall–Kier alpha value is -0.900. The lowest BCUT2D eigenvalue weighted by atomic mass is 10.0. The summed E-state index contributed by atoms with van der Waals surface area (Å²) in [4.78, 5) is 22.1. The molecule has 4 heteroatoms. The van der Waals surface area contributed by atoms with Crippen molar-refractivity contribution < 1.29 is 14.3 Å². The Morgan fingerprint density at radius 2 is 2.00 bits per heavy atom. The van der Waals surface area contributed by atoms with Crippen molar-refractivity contribution in [1.82, 2.24) is 5.32 Å². The molecule has 0 unspecified atom stereocenters. The summed E-state index contributed by atoms with van der Waals surface area (Å²) in [5.74, 6) is 0.0505. The summed E-state index contributed by atoms with van der Waals surface area (Å²) in [6.45, 7) is 2.99. The van der Waals surface area contributed by atoms with Crippen LogP contribution < -0.4 is 5.32 Å². The van der Waals surface area contributed by atoms with Gasteiger partial charge in [0.1, 0.15) is 5.78 Å². The Morgan fingerprint density at radius 1 is 1.31 bits per heavy atom. The van der Waals surface area contributed by atoms with E-state index in [0.717, 1.165) is 19.6 Å². The molecule has 0 spiro atoms. The second kappa shape index (κ2) is 5.99. The molecule has 1 rings (SSSR count). The minimum atomic E-state index is -0.0149. The first-order valence-electron chi connectivity index (χ1n) is 5.83. The molecule has 16 heavy (non-hydrogen) atoms. The van der Waals surface area contributed by atoms with E-state index in [-0.39, 0.29) is 17.1 Å². The maximum atomic E-state index is 11.4. The Morgan fingerprint density at radius 3 is 2.50 bits per heavy atom. The molecule has 0 radical (unpaired) electrons. The number of Topliss-reactive ketones (excluding diaryl/α,β-unsaturated/α-hetero) is 1. The first-order chi connectivity index (χ1) is 7.58. The third-order valence-corrected chi connectivity index (χ3v) is 3.16. The van der Waals surface area contributed by atoms with E-state index in [0.29, 0.717) is 12.8 Å². The van der Waals surface area contributed by atoms with Crippen molar-refractivity contribution in [3.05, 3.63) is 0 Å². The molecule has 1 aliphatic carbocycles. The fourth-order valence-corrected chi connectivity index (χ4v) is 1.67. The Bertz CT molecular complexity index is 259. The lowest BCUT2D eigenvalue weighted by Crippen LogP contribution is -2.30. The predicted octanol–water partition coefficient (Wildman–Crippen LogP) is 1.29. The number of nitrogens with one attached hydrogen (secondary N) is 1. The number of hydrogen-bond donors (Lipinski definition) is 1. The highest BCUT2D eigenvalue weighted by molar-refractivity contribution is 5.83. The van der Waals surface area contributed by atoms with E-state index in [1.54, 1.807) is 7.11 Å². The van der Waals surface area contributed by atoms with Gasteiger partial charge in [0.2, 0.25) is 5.91 Å². The molecule has 1 saturated carbocycles. The molecular formula is C12H21NO3. The van der Waals surface area contributed by atoms with Crippen LogP contribution in [0.2, 0.25) is 0 Å². The van der Waals surface area contributed by atoms with Crippen LogP contribution in [0.1, 0.15) is 39.0 Å². The van der Waals surface area contributed by atoms with Crippen LogP contribution in [0.3, 0.4) is 0 Å². The highest BCUT2D eigenvalue weighted by atomic mass is 16.5. The normalized spacial score (nSPS) is 16.9. The number of methoxy groups -OCH3 is 1. The molecule has 1 N–H and O–H groups in total. The molecule has 92 valence electrons. The first kappa shape index (κ1) is 13.2. The molecule has 0 aliphatic heterocycles. The van der Waals surface area contributed by atoms with Crippen molar-refractivity contribution >= 4 is 11.7 Å². The topological polar surface area (TPSA) is 55.4 Å². The van der Waals surface area contributed by atoms with Crippen molar-refractivity contribution in [3.63, 3.8) is 0 Å². The minimum Gasteiger partial charge on any atom is -0.385 e. The molecule has 0 bridgehead atoms. The van der Waals surface area contributed by atoms with Gasteiger partial charge in [-0.25, -0.2) is 0 Å². The van der Waals surface area contributed by atoms with Gasteiger partial charge in [-0.3, -0.25) is 4.79 Å². The molecular weight excluding hydrogens is 206 g/mol. The summed E-state index contributed by atoms with van der Waals surface area (Å²) in [6, 6.07) is 0. The molecule has 0 aromatic carbocycles. The van der Waals surface area contributed by atoms with Crippen LogP contribution in [-0.2, 0) is 14.3 Å². The number of amides is 1. The lowest BCUT2D eigenvalue weighted by molar-refractivity contribution is -0.124. The molecule has 0 saturated heterocycles. The number of ketones is 1. The van der Waals surface area contributed by atoms with Crippen LogP contribution in [0, 0.1) is 5.41 Å². The van der Waals surface area contributed by atoms with E-state index >= 15 is 0 Å². The number of ether oxygens (including phenoxy) is 1. The van der Waals surface area contributed by atoms with Gasteiger partial charge in [-0.1, -0.05) is 0 Å². The molecule has 4 nitrogen and oxygen atoms in total. The van der Waals surface area contributed by atoms with Crippen LogP contribution in [0.4, 0.5) is 0 Å². The SMILES string of the molecule is COCCC1(CNC(=O)CCC(C)=O)CC1. The quantitative estimate of drug-likeness (QED) is 0.679. The van der Waals surface area contributed by atoms with Crippen molar-refractivity contribution in [2.75, 3.05) is 20.3 Å². The zero-order valence-corrected chi connectivity index (χ0v) is 10.2. The maximum absolute atomic E-state index is 11.4.